The highest BCUT2D eigenvalue weighted by Gasteiger charge is 2.27. The van der Waals surface area contributed by atoms with E-state index in [1.807, 2.05) is 20.8 Å². The van der Waals surface area contributed by atoms with Crippen molar-refractivity contribution in [1.82, 2.24) is 9.97 Å². The van der Waals surface area contributed by atoms with Gasteiger partial charge < -0.3 is 15.7 Å². The fourth-order valence-corrected chi connectivity index (χ4v) is 2.77. The van der Waals surface area contributed by atoms with Gasteiger partial charge in [-0.25, -0.2) is 4.98 Å². The van der Waals surface area contributed by atoms with Crippen LogP contribution in [0, 0.1) is 5.92 Å². The summed E-state index contributed by atoms with van der Waals surface area (Å²) < 4.78 is 0. The van der Waals surface area contributed by atoms with Crippen LogP contribution in [0.15, 0.2) is 6.20 Å². The molecule has 3 N–H and O–H groups in total. The molecule has 23 heavy (non-hydrogen) atoms. The van der Waals surface area contributed by atoms with E-state index in [0.29, 0.717) is 29.7 Å². The second kappa shape index (κ2) is 6.83. The molecule has 0 radical (unpaired) electrons. The Balaban J connectivity index is 2.20. The van der Waals surface area contributed by atoms with Crippen LogP contribution in [-0.4, -0.2) is 38.5 Å². The van der Waals surface area contributed by atoms with Crippen LogP contribution in [-0.2, 0) is 0 Å². The summed E-state index contributed by atoms with van der Waals surface area (Å²) in [6.07, 6.45) is 3.85. The first-order valence-electron chi connectivity index (χ1n) is 8.26. The first kappa shape index (κ1) is 17.7. The SMILES string of the molecule is CC(=O)c1cnc(NC(C)(C)C)nc1N[C@@H]1CC[C@@H](C)[C@H](O)C1. The number of nitrogens with zero attached hydrogens (tertiary/aromatic N) is 2. The number of rotatable bonds is 4. The second-order valence-corrected chi connectivity index (χ2v) is 7.59. The molecule has 0 spiro atoms. The maximum Gasteiger partial charge on any atom is 0.225 e. The van der Waals surface area contributed by atoms with Gasteiger partial charge in [0.05, 0.1) is 11.7 Å². The molecule has 0 amide bonds. The number of hydrogen-bond acceptors (Lipinski definition) is 6. The lowest BCUT2D eigenvalue weighted by molar-refractivity contribution is 0.0739. The average Bonchev–Trinajstić information content (AvgIpc) is 2.41. The molecule has 128 valence electrons. The van der Waals surface area contributed by atoms with Gasteiger partial charge in [0.1, 0.15) is 5.82 Å². The minimum absolute atomic E-state index is 0.0699. The summed E-state index contributed by atoms with van der Waals surface area (Å²) in [4.78, 5) is 20.5. The maximum absolute atomic E-state index is 11.8. The van der Waals surface area contributed by atoms with E-state index < -0.39 is 0 Å². The smallest absolute Gasteiger partial charge is 0.225 e. The fourth-order valence-electron chi connectivity index (χ4n) is 2.77. The van der Waals surface area contributed by atoms with Crippen LogP contribution in [0.2, 0.25) is 0 Å². The molecule has 1 aliphatic rings. The molecular weight excluding hydrogens is 292 g/mol. The molecule has 1 saturated carbocycles. The molecule has 6 nitrogen and oxygen atoms in total. The van der Waals surface area contributed by atoms with Gasteiger partial charge in [-0.1, -0.05) is 6.92 Å². The van der Waals surface area contributed by atoms with Gasteiger partial charge in [0, 0.05) is 17.8 Å². The van der Waals surface area contributed by atoms with Crippen molar-refractivity contribution >= 4 is 17.5 Å². The summed E-state index contributed by atoms with van der Waals surface area (Å²) in [6.45, 7) is 9.67. The Morgan fingerprint density at radius 2 is 2.04 bits per heavy atom. The summed E-state index contributed by atoms with van der Waals surface area (Å²) in [5.41, 5.74) is 0.323. The third kappa shape index (κ3) is 4.89. The number of carbonyl (C=O) groups excluding carboxylic acids is 1. The zero-order valence-corrected chi connectivity index (χ0v) is 14.7. The molecule has 0 aromatic carbocycles. The van der Waals surface area contributed by atoms with Crippen molar-refractivity contribution in [2.75, 3.05) is 10.6 Å². The van der Waals surface area contributed by atoms with Crippen molar-refractivity contribution in [3.63, 3.8) is 0 Å². The van der Waals surface area contributed by atoms with E-state index in [-0.39, 0.29) is 23.5 Å². The minimum Gasteiger partial charge on any atom is -0.393 e. The summed E-state index contributed by atoms with van der Waals surface area (Å²) in [5.74, 6) is 1.30. The maximum atomic E-state index is 11.8. The zero-order valence-electron chi connectivity index (χ0n) is 14.7. The first-order valence-corrected chi connectivity index (χ1v) is 8.26. The molecule has 0 bridgehead atoms. The lowest BCUT2D eigenvalue weighted by atomic mass is 9.85. The summed E-state index contributed by atoms with van der Waals surface area (Å²) in [5, 5.41) is 16.6. The van der Waals surface area contributed by atoms with Crippen molar-refractivity contribution in [3.8, 4) is 0 Å². The van der Waals surface area contributed by atoms with E-state index in [0.717, 1.165) is 12.8 Å². The Morgan fingerprint density at radius 1 is 1.35 bits per heavy atom. The lowest BCUT2D eigenvalue weighted by Gasteiger charge is -2.32. The van der Waals surface area contributed by atoms with Gasteiger partial charge in [0.25, 0.3) is 0 Å². The Kier molecular flexibility index (Phi) is 5.24. The number of aromatic nitrogens is 2. The van der Waals surface area contributed by atoms with Crippen LogP contribution in [0.4, 0.5) is 11.8 Å². The Bertz CT molecular complexity index is 568. The molecule has 0 aliphatic heterocycles. The zero-order chi connectivity index (χ0) is 17.2. The standard InChI is InChI=1S/C17H28N4O2/c1-10-6-7-12(8-14(10)23)19-15-13(11(2)22)9-18-16(20-15)21-17(3,4)5/h9-10,12,14,23H,6-8H2,1-5H3,(H2,18,19,20,21)/t10-,12-,14-/m1/s1. The second-order valence-electron chi connectivity index (χ2n) is 7.59. The molecule has 0 saturated heterocycles. The fraction of sp³-hybridized carbons (Fsp3) is 0.706. The molecule has 3 atom stereocenters. The Hall–Kier alpha value is -1.69. The highest BCUT2D eigenvalue weighted by atomic mass is 16.3. The van der Waals surface area contributed by atoms with E-state index >= 15 is 0 Å². The molecule has 1 aromatic heterocycles. The number of nitrogens with one attached hydrogen (secondary N) is 2. The van der Waals surface area contributed by atoms with Gasteiger partial charge in [-0.2, -0.15) is 4.98 Å². The molecular formula is C17H28N4O2. The van der Waals surface area contributed by atoms with Crippen LogP contribution >= 0.6 is 0 Å². The van der Waals surface area contributed by atoms with Crippen LogP contribution in [0.1, 0.15) is 64.2 Å². The molecule has 6 heteroatoms. The third-order valence-corrected chi connectivity index (χ3v) is 4.15. The van der Waals surface area contributed by atoms with Gasteiger partial charge in [-0.3, -0.25) is 4.79 Å². The first-order chi connectivity index (χ1) is 10.7. The summed E-state index contributed by atoms with van der Waals surface area (Å²) >= 11 is 0. The van der Waals surface area contributed by atoms with Gasteiger partial charge >= 0.3 is 0 Å². The lowest BCUT2D eigenvalue weighted by Crippen LogP contribution is -2.35. The van der Waals surface area contributed by atoms with Gasteiger partial charge in [-0.15, -0.1) is 0 Å². The average molecular weight is 320 g/mol. The Labute approximate surface area is 138 Å². The van der Waals surface area contributed by atoms with E-state index in [4.69, 9.17) is 0 Å². The molecule has 1 aliphatic carbocycles. The summed E-state index contributed by atoms with van der Waals surface area (Å²) in [7, 11) is 0. The quantitative estimate of drug-likeness (QED) is 0.740. The molecule has 1 fully saturated rings. The number of Topliss-reactive ketones (excluding diaryl/α,β-unsaturated/α-hetero) is 1. The van der Waals surface area contributed by atoms with Crippen molar-refractivity contribution in [2.45, 2.75) is 71.6 Å². The number of ketones is 1. The van der Waals surface area contributed by atoms with Crippen molar-refractivity contribution < 1.29 is 9.90 Å². The van der Waals surface area contributed by atoms with Crippen LogP contribution in [0.3, 0.4) is 0 Å². The minimum atomic E-state index is -0.309. The van der Waals surface area contributed by atoms with E-state index in [1.54, 1.807) is 6.20 Å². The van der Waals surface area contributed by atoms with Crippen LogP contribution in [0.5, 0.6) is 0 Å². The molecule has 1 aromatic rings. The van der Waals surface area contributed by atoms with E-state index in [9.17, 15) is 9.90 Å². The topological polar surface area (TPSA) is 87.1 Å². The molecule has 1 heterocycles. The monoisotopic (exact) mass is 320 g/mol. The van der Waals surface area contributed by atoms with Crippen molar-refractivity contribution in [2.24, 2.45) is 5.92 Å². The molecule has 0 unspecified atom stereocenters. The van der Waals surface area contributed by atoms with Crippen LogP contribution < -0.4 is 10.6 Å². The van der Waals surface area contributed by atoms with E-state index in [1.165, 1.54) is 6.92 Å². The number of hydrogen-bond donors (Lipinski definition) is 3. The largest absolute Gasteiger partial charge is 0.393 e. The molecule has 2 rings (SSSR count). The number of aliphatic hydroxyl groups excluding tert-OH is 1. The van der Waals surface area contributed by atoms with Gasteiger partial charge in [0.15, 0.2) is 5.78 Å². The highest BCUT2D eigenvalue weighted by Crippen LogP contribution is 2.27. The van der Waals surface area contributed by atoms with Gasteiger partial charge in [0.2, 0.25) is 5.95 Å². The normalized spacial score (nSPS) is 25.0. The number of carbonyl (C=O) groups is 1. The van der Waals surface area contributed by atoms with Crippen molar-refractivity contribution in [1.29, 1.82) is 0 Å². The number of anilines is 2. The third-order valence-electron chi connectivity index (χ3n) is 4.15. The Morgan fingerprint density at radius 3 is 2.61 bits per heavy atom. The predicted octanol–water partition coefficient (Wildman–Crippen LogP) is 2.85. The number of aliphatic hydroxyl groups is 1. The summed E-state index contributed by atoms with van der Waals surface area (Å²) in [6, 6.07) is 0.122. The van der Waals surface area contributed by atoms with Crippen LogP contribution in [0.25, 0.3) is 0 Å². The van der Waals surface area contributed by atoms with Gasteiger partial charge in [-0.05, 0) is 52.9 Å². The predicted molar refractivity (Wildman–Crippen MR) is 91.8 cm³/mol. The highest BCUT2D eigenvalue weighted by molar-refractivity contribution is 5.98. The van der Waals surface area contributed by atoms with E-state index in [2.05, 4.69) is 27.5 Å². The van der Waals surface area contributed by atoms with Crippen molar-refractivity contribution in [3.05, 3.63) is 11.8 Å².